The van der Waals surface area contributed by atoms with Crippen molar-refractivity contribution in [3.63, 3.8) is 0 Å². The van der Waals surface area contributed by atoms with Crippen LogP contribution in [0, 0.1) is 5.92 Å². The van der Waals surface area contributed by atoms with Gasteiger partial charge < -0.3 is 14.6 Å². The van der Waals surface area contributed by atoms with Crippen LogP contribution in [0.25, 0.3) is 5.65 Å². The van der Waals surface area contributed by atoms with E-state index in [1.165, 1.54) is 19.5 Å². The summed E-state index contributed by atoms with van der Waals surface area (Å²) in [5.41, 5.74) is 1.50. The van der Waals surface area contributed by atoms with E-state index in [1.54, 1.807) is 6.20 Å². The van der Waals surface area contributed by atoms with Gasteiger partial charge in [-0.2, -0.15) is 0 Å². The Morgan fingerprint density at radius 3 is 3.20 bits per heavy atom. The minimum Gasteiger partial charge on any atom is -0.348 e. The number of pyridine rings is 1. The molecule has 2 saturated heterocycles. The molecule has 3 atom stereocenters. The molecule has 20 heavy (non-hydrogen) atoms. The number of fused-ring (bicyclic) bond motifs is 3. The Morgan fingerprint density at radius 2 is 2.30 bits per heavy atom. The van der Waals surface area contributed by atoms with Crippen molar-refractivity contribution < 1.29 is 4.79 Å². The van der Waals surface area contributed by atoms with Gasteiger partial charge in [-0.1, -0.05) is 0 Å². The maximum absolute atomic E-state index is 12.3. The van der Waals surface area contributed by atoms with Crippen molar-refractivity contribution in [3.8, 4) is 0 Å². The highest BCUT2D eigenvalue weighted by atomic mass is 16.1. The Morgan fingerprint density at radius 1 is 1.35 bits per heavy atom. The van der Waals surface area contributed by atoms with Gasteiger partial charge in [-0.25, -0.2) is 4.98 Å². The van der Waals surface area contributed by atoms with Gasteiger partial charge in [0, 0.05) is 43.3 Å². The molecule has 5 nitrogen and oxygen atoms in total. The number of hydrogen-bond donors (Lipinski definition) is 1. The largest absolute Gasteiger partial charge is 0.348 e. The van der Waals surface area contributed by atoms with Gasteiger partial charge >= 0.3 is 0 Å². The SMILES string of the molecule is O=C(N[C@@H]1C[C@@H]2CCN(C2)C1)c1ccn2ccnc2c1. The van der Waals surface area contributed by atoms with E-state index in [-0.39, 0.29) is 5.91 Å². The molecule has 1 N–H and O–H groups in total. The fourth-order valence-electron chi connectivity index (χ4n) is 3.48. The highest BCUT2D eigenvalue weighted by Crippen LogP contribution is 2.26. The molecule has 4 rings (SSSR count). The number of imidazole rings is 1. The maximum Gasteiger partial charge on any atom is 0.251 e. The summed E-state index contributed by atoms with van der Waals surface area (Å²) in [6.07, 6.45) is 7.90. The normalized spacial score (nSPS) is 28.7. The zero-order valence-corrected chi connectivity index (χ0v) is 11.3. The molecule has 0 aromatic carbocycles. The summed E-state index contributed by atoms with van der Waals surface area (Å²) in [5, 5.41) is 3.18. The highest BCUT2D eigenvalue weighted by molar-refractivity contribution is 5.95. The number of amides is 1. The molecule has 2 aliphatic rings. The van der Waals surface area contributed by atoms with Crippen molar-refractivity contribution in [1.82, 2.24) is 19.6 Å². The molecule has 2 aromatic rings. The summed E-state index contributed by atoms with van der Waals surface area (Å²) >= 11 is 0. The first kappa shape index (κ1) is 11.9. The first-order valence-electron chi connectivity index (χ1n) is 7.24. The summed E-state index contributed by atoms with van der Waals surface area (Å²) in [6.45, 7) is 3.40. The second-order valence-corrected chi connectivity index (χ2v) is 5.93. The van der Waals surface area contributed by atoms with Crippen molar-refractivity contribution in [3.05, 3.63) is 36.3 Å². The van der Waals surface area contributed by atoms with E-state index in [0.29, 0.717) is 11.6 Å². The van der Waals surface area contributed by atoms with Crippen LogP contribution in [0.1, 0.15) is 23.2 Å². The lowest BCUT2D eigenvalue weighted by Gasteiger charge is -2.30. The molecular formula is C15H18N4O. The lowest BCUT2D eigenvalue weighted by atomic mass is 9.96. The molecule has 0 saturated carbocycles. The fourth-order valence-corrected chi connectivity index (χ4v) is 3.48. The number of carbonyl (C=O) groups is 1. The smallest absolute Gasteiger partial charge is 0.251 e. The molecule has 5 heteroatoms. The quantitative estimate of drug-likeness (QED) is 0.891. The number of aromatic nitrogens is 2. The van der Waals surface area contributed by atoms with Crippen molar-refractivity contribution >= 4 is 11.6 Å². The van der Waals surface area contributed by atoms with Gasteiger partial charge in [-0.15, -0.1) is 0 Å². The molecule has 0 radical (unpaired) electrons. The minimum atomic E-state index is 0.0167. The standard InChI is InChI=1S/C15H18N4O/c20-15(12-2-5-19-6-3-16-14(19)8-12)17-13-7-11-1-4-18(9-11)10-13/h2-3,5-6,8,11,13H,1,4,7,9-10H2,(H,17,20)/t11-,13+/m0/s1. The molecule has 2 aromatic heterocycles. The van der Waals surface area contributed by atoms with E-state index in [2.05, 4.69) is 15.2 Å². The van der Waals surface area contributed by atoms with Gasteiger partial charge in [-0.3, -0.25) is 4.79 Å². The Labute approximate surface area is 117 Å². The average Bonchev–Trinajstić information content (AvgIpc) is 3.04. The fraction of sp³-hybridized carbons (Fsp3) is 0.467. The zero-order chi connectivity index (χ0) is 13.5. The summed E-state index contributed by atoms with van der Waals surface area (Å²) in [4.78, 5) is 19.0. The topological polar surface area (TPSA) is 49.6 Å². The Kier molecular flexibility index (Phi) is 2.73. The number of piperidine rings is 1. The number of hydrogen-bond acceptors (Lipinski definition) is 3. The van der Waals surface area contributed by atoms with E-state index in [9.17, 15) is 4.79 Å². The van der Waals surface area contributed by atoms with Crippen molar-refractivity contribution in [2.45, 2.75) is 18.9 Å². The summed E-state index contributed by atoms with van der Waals surface area (Å²) in [5.74, 6) is 0.784. The van der Waals surface area contributed by atoms with Crippen molar-refractivity contribution in [1.29, 1.82) is 0 Å². The van der Waals surface area contributed by atoms with E-state index in [0.717, 1.165) is 24.5 Å². The molecule has 1 unspecified atom stereocenters. The molecule has 104 valence electrons. The summed E-state index contributed by atoms with van der Waals surface area (Å²) < 4.78 is 1.91. The summed E-state index contributed by atoms with van der Waals surface area (Å²) in [7, 11) is 0. The molecule has 2 aliphatic heterocycles. The van der Waals surface area contributed by atoms with Crippen LogP contribution in [0.4, 0.5) is 0 Å². The maximum atomic E-state index is 12.3. The highest BCUT2D eigenvalue weighted by Gasteiger charge is 2.32. The van der Waals surface area contributed by atoms with Crippen LogP contribution in [0.2, 0.25) is 0 Å². The number of rotatable bonds is 2. The van der Waals surface area contributed by atoms with Gasteiger partial charge in [0.25, 0.3) is 5.91 Å². The molecule has 0 aliphatic carbocycles. The van der Waals surface area contributed by atoms with Gasteiger partial charge in [0.15, 0.2) is 0 Å². The Balaban J connectivity index is 1.49. The van der Waals surface area contributed by atoms with Crippen LogP contribution >= 0.6 is 0 Å². The van der Waals surface area contributed by atoms with Crippen molar-refractivity contribution in [2.75, 3.05) is 19.6 Å². The lowest BCUT2D eigenvalue weighted by Crippen LogP contribution is -2.47. The van der Waals surface area contributed by atoms with Gasteiger partial charge in [-0.05, 0) is 37.4 Å². The number of nitrogens with zero attached hydrogens (tertiary/aromatic N) is 3. The second-order valence-electron chi connectivity index (χ2n) is 5.93. The third-order valence-corrected chi connectivity index (χ3v) is 4.46. The van der Waals surface area contributed by atoms with Crippen molar-refractivity contribution in [2.24, 2.45) is 5.92 Å². The third-order valence-electron chi connectivity index (χ3n) is 4.46. The van der Waals surface area contributed by atoms with Crippen LogP contribution in [-0.4, -0.2) is 45.9 Å². The molecule has 1 amide bonds. The van der Waals surface area contributed by atoms with E-state index in [4.69, 9.17) is 0 Å². The predicted molar refractivity (Wildman–Crippen MR) is 75.6 cm³/mol. The lowest BCUT2D eigenvalue weighted by molar-refractivity contribution is 0.0909. The monoisotopic (exact) mass is 270 g/mol. The van der Waals surface area contributed by atoms with Gasteiger partial charge in [0.2, 0.25) is 0 Å². The molecule has 0 spiro atoms. The van der Waals surface area contributed by atoms with Gasteiger partial charge in [0.05, 0.1) is 0 Å². The van der Waals surface area contributed by atoms with E-state index in [1.807, 2.05) is 28.9 Å². The van der Waals surface area contributed by atoms with E-state index < -0.39 is 0 Å². The van der Waals surface area contributed by atoms with Gasteiger partial charge in [0.1, 0.15) is 5.65 Å². The van der Waals surface area contributed by atoms with E-state index >= 15 is 0 Å². The van der Waals surface area contributed by atoms with Crippen LogP contribution in [0.3, 0.4) is 0 Å². The molecule has 2 fully saturated rings. The first-order valence-corrected chi connectivity index (χ1v) is 7.24. The van der Waals surface area contributed by atoms with Crippen LogP contribution in [-0.2, 0) is 0 Å². The summed E-state index contributed by atoms with van der Waals surface area (Å²) in [6, 6.07) is 3.98. The first-order chi connectivity index (χ1) is 9.78. The number of nitrogens with one attached hydrogen (secondary N) is 1. The van der Waals surface area contributed by atoms with Crippen LogP contribution in [0.5, 0.6) is 0 Å². The van der Waals surface area contributed by atoms with Crippen LogP contribution < -0.4 is 5.32 Å². The Bertz CT molecular complexity index is 638. The molecular weight excluding hydrogens is 252 g/mol. The zero-order valence-electron chi connectivity index (χ0n) is 11.3. The predicted octanol–water partition coefficient (Wildman–Crippen LogP) is 1.16. The van der Waals surface area contributed by atoms with Crippen LogP contribution in [0.15, 0.2) is 30.7 Å². The average molecular weight is 270 g/mol. The minimum absolute atomic E-state index is 0.0167. The number of carbonyl (C=O) groups excluding carboxylic acids is 1. The second kappa shape index (κ2) is 4.59. The Hall–Kier alpha value is -1.88. The third kappa shape index (κ3) is 2.08. The molecule has 4 heterocycles. The molecule has 2 bridgehead atoms.